The van der Waals surface area contributed by atoms with Gasteiger partial charge in [0.15, 0.2) is 0 Å². The molecule has 4 aliphatic carbocycles. The fourth-order valence-corrected chi connectivity index (χ4v) is 6.89. The molecule has 5 nitrogen and oxygen atoms in total. The lowest BCUT2D eigenvalue weighted by atomic mass is 9.49. The zero-order chi connectivity index (χ0) is 20.4. The highest BCUT2D eigenvalue weighted by Crippen LogP contribution is 2.59. The summed E-state index contributed by atoms with van der Waals surface area (Å²) in [4.78, 5) is 27.7. The van der Waals surface area contributed by atoms with Gasteiger partial charge in [-0.25, -0.2) is 0 Å². The predicted molar refractivity (Wildman–Crippen MR) is 118 cm³/mol. The van der Waals surface area contributed by atoms with Gasteiger partial charge in [-0.2, -0.15) is 0 Å². The zero-order valence-electron chi connectivity index (χ0n) is 17.6. The van der Waals surface area contributed by atoms with E-state index in [-0.39, 0.29) is 24.9 Å². The Morgan fingerprint density at radius 1 is 1.03 bits per heavy atom. The summed E-state index contributed by atoms with van der Waals surface area (Å²) in [5, 5.41) is 6.15. The molecule has 2 amide bonds. The number of benzene rings is 1. The highest BCUT2D eigenvalue weighted by Gasteiger charge is 2.50. The maximum absolute atomic E-state index is 12.5. The number of amides is 2. The zero-order valence-corrected chi connectivity index (χ0v) is 18.4. The average molecular weight is 416 g/mol. The molecule has 0 aromatic heterocycles. The van der Waals surface area contributed by atoms with Gasteiger partial charge >= 0.3 is 0 Å². The van der Waals surface area contributed by atoms with Crippen molar-refractivity contribution in [2.24, 2.45) is 23.2 Å². The molecule has 4 fully saturated rings. The Balaban J connectivity index is 1.22. The van der Waals surface area contributed by atoms with Crippen LogP contribution in [0.1, 0.15) is 38.5 Å². The van der Waals surface area contributed by atoms with Crippen LogP contribution in [-0.4, -0.2) is 49.7 Å². The number of anilines is 1. The summed E-state index contributed by atoms with van der Waals surface area (Å²) < 4.78 is 0. The lowest BCUT2D eigenvalue weighted by Gasteiger charge is -2.56. The van der Waals surface area contributed by atoms with Gasteiger partial charge in [0.25, 0.3) is 0 Å². The van der Waals surface area contributed by atoms with Gasteiger partial charge < -0.3 is 10.6 Å². The topological polar surface area (TPSA) is 61.4 Å². The van der Waals surface area contributed by atoms with Crippen LogP contribution in [-0.2, 0) is 9.59 Å². The maximum atomic E-state index is 12.5. The number of para-hydroxylation sites is 1. The Morgan fingerprint density at radius 3 is 2.24 bits per heavy atom. The minimum absolute atomic E-state index is 0.0283. The van der Waals surface area contributed by atoms with Crippen LogP contribution in [0.25, 0.3) is 0 Å². The van der Waals surface area contributed by atoms with Crippen molar-refractivity contribution in [2.45, 2.75) is 43.4 Å². The molecule has 158 valence electrons. The summed E-state index contributed by atoms with van der Waals surface area (Å²) in [7, 11) is 1.82. The van der Waals surface area contributed by atoms with Crippen molar-refractivity contribution in [3.05, 3.63) is 24.3 Å². The molecule has 0 atom stereocenters. The number of carbonyl (C=O) groups excluding carboxylic acids is 2. The standard InChI is InChI=1S/C23H33N3O2S/c1-26(14-22(28)25-19-5-3-4-6-20(19)29-2)13-21(27)24-15-23-10-16-7-17(11-23)9-18(8-16)12-23/h3-6,16-18H,7-15H2,1-2H3,(H,24,27)(H,25,28). The SMILES string of the molecule is CSc1ccccc1NC(=O)CN(C)CC(=O)NCC12CC3CC(CC(C3)C1)C2. The Morgan fingerprint density at radius 2 is 1.62 bits per heavy atom. The van der Waals surface area contributed by atoms with Crippen LogP contribution in [0, 0.1) is 23.2 Å². The first-order chi connectivity index (χ1) is 13.9. The normalized spacial score (nSPS) is 29.8. The molecule has 1 aromatic rings. The van der Waals surface area contributed by atoms with Gasteiger partial charge in [-0.05, 0) is 87.1 Å². The second-order valence-corrected chi connectivity index (χ2v) is 10.5. The van der Waals surface area contributed by atoms with Crippen molar-refractivity contribution in [3.63, 3.8) is 0 Å². The number of rotatable bonds is 8. The van der Waals surface area contributed by atoms with E-state index in [0.29, 0.717) is 5.41 Å². The fraction of sp³-hybridized carbons (Fsp3) is 0.652. The molecule has 0 unspecified atom stereocenters. The summed E-state index contributed by atoms with van der Waals surface area (Å²) in [6.07, 6.45) is 10.1. The van der Waals surface area contributed by atoms with E-state index in [1.165, 1.54) is 38.5 Å². The molecule has 0 heterocycles. The molecule has 4 aliphatic rings. The highest BCUT2D eigenvalue weighted by molar-refractivity contribution is 7.98. The number of likely N-dealkylation sites (N-methyl/N-ethyl adjacent to an activating group) is 1. The lowest BCUT2D eigenvalue weighted by molar-refractivity contribution is -0.124. The van der Waals surface area contributed by atoms with Gasteiger partial charge in [-0.1, -0.05) is 12.1 Å². The minimum Gasteiger partial charge on any atom is -0.354 e. The van der Waals surface area contributed by atoms with E-state index in [2.05, 4.69) is 10.6 Å². The molecule has 1 aromatic carbocycles. The van der Waals surface area contributed by atoms with E-state index in [1.54, 1.807) is 16.7 Å². The maximum Gasteiger partial charge on any atom is 0.238 e. The van der Waals surface area contributed by atoms with Crippen molar-refractivity contribution in [1.82, 2.24) is 10.2 Å². The van der Waals surface area contributed by atoms with Gasteiger partial charge in [-0.3, -0.25) is 14.5 Å². The smallest absolute Gasteiger partial charge is 0.238 e. The summed E-state index contributed by atoms with van der Waals surface area (Å²) in [5.41, 5.74) is 1.17. The largest absolute Gasteiger partial charge is 0.354 e. The van der Waals surface area contributed by atoms with Gasteiger partial charge in [0.2, 0.25) is 11.8 Å². The van der Waals surface area contributed by atoms with Crippen molar-refractivity contribution >= 4 is 29.3 Å². The number of nitrogens with zero attached hydrogens (tertiary/aromatic N) is 1. The third-order valence-electron chi connectivity index (χ3n) is 7.03. The van der Waals surface area contributed by atoms with Crippen LogP contribution in [0.4, 0.5) is 5.69 Å². The molecule has 4 saturated carbocycles. The van der Waals surface area contributed by atoms with Crippen molar-refractivity contribution in [1.29, 1.82) is 0 Å². The second-order valence-electron chi connectivity index (χ2n) is 9.62. The molecule has 5 rings (SSSR count). The van der Waals surface area contributed by atoms with Crippen LogP contribution in [0.3, 0.4) is 0 Å². The number of carbonyl (C=O) groups is 2. The molecule has 0 spiro atoms. The van der Waals surface area contributed by atoms with Crippen molar-refractivity contribution in [2.75, 3.05) is 38.3 Å². The van der Waals surface area contributed by atoms with Crippen molar-refractivity contribution < 1.29 is 9.59 Å². The van der Waals surface area contributed by atoms with Gasteiger partial charge in [-0.15, -0.1) is 11.8 Å². The minimum atomic E-state index is -0.0946. The van der Waals surface area contributed by atoms with Gasteiger partial charge in [0.1, 0.15) is 0 Å². The molecule has 0 aliphatic heterocycles. The van der Waals surface area contributed by atoms with E-state index in [0.717, 1.165) is 34.9 Å². The summed E-state index contributed by atoms with van der Waals surface area (Å²) in [6.45, 7) is 1.27. The first-order valence-electron chi connectivity index (χ1n) is 10.8. The number of hydrogen-bond donors (Lipinski definition) is 2. The van der Waals surface area contributed by atoms with Gasteiger partial charge in [0, 0.05) is 11.4 Å². The van der Waals surface area contributed by atoms with Crippen LogP contribution in [0.2, 0.25) is 0 Å². The fourth-order valence-electron chi connectivity index (χ4n) is 6.33. The number of nitrogens with one attached hydrogen (secondary N) is 2. The van der Waals surface area contributed by atoms with E-state index >= 15 is 0 Å². The van der Waals surface area contributed by atoms with Gasteiger partial charge in [0.05, 0.1) is 18.8 Å². The first kappa shape index (κ1) is 20.7. The molecule has 4 bridgehead atoms. The molecule has 0 saturated heterocycles. The number of hydrogen-bond acceptors (Lipinski definition) is 4. The summed E-state index contributed by atoms with van der Waals surface area (Å²) in [6, 6.07) is 7.77. The highest BCUT2D eigenvalue weighted by atomic mass is 32.2. The Hall–Kier alpha value is -1.53. The third-order valence-corrected chi connectivity index (χ3v) is 7.83. The Bertz CT molecular complexity index is 731. The van der Waals surface area contributed by atoms with Crippen LogP contribution in [0.5, 0.6) is 0 Å². The Labute approximate surface area is 178 Å². The first-order valence-corrected chi connectivity index (χ1v) is 12.1. The molecule has 6 heteroatoms. The number of thioether (sulfide) groups is 1. The van der Waals surface area contributed by atoms with E-state index < -0.39 is 0 Å². The lowest BCUT2D eigenvalue weighted by Crippen LogP contribution is -2.52. The molecular formula is C23H33N3O2S. The van der Waals surface area contributed by atoms with E-state index in [4.69, 9.17) is 0 Å². The average Bonchev–Trinajstić information content (AvgIpc) is 2.65. The van der Waals surface area contributed by atoms with E-state index in [9.17, 15) is 9.59 Å². The van der Waals surface area contributed by atoms with Crippen molar-refractivity contribution in [3.8, 4) is 0 Å². The quantitative estimate of drug-likeness (QED) is 0.637. The van der Waals surface area contributed by atoms with Crippen LogP contribution < -0.4 is 10.6 Å². The summed E-state index contributed by atoms with van der Waals surface area (Å²) >= 11 is 1.60. The van der Waals surface area contributed by atoms with Crippen LogP contribution in [0.15, 0.2) is 29.2 Å². The monoisotopic (exact) mass is 415 g/mol. The molecule has 29 heavy (non-hydrogen) atoms. The van der Waals surface area contributed by atoms with E-state index in [1.807, 2.05) is 37.6 Å². The predicted octanol–water partition coefficient (Wildman–Crippen LogP) is 3.61. The molecular weight excluding hydrogens is 382 g/mol. The molecule has 2 N–H and O–H groups in total. The van der Waals surface area contributed by atoms with Crippen LogP contribution >= 0.6 is 11.8 Å². The summed E-state index contributed by atoms with van der Waals surface area (Å²) in [5.74, 6) is 2.62. The molecule has 0 radical (unpaired) electrons. The Kier molecular flexibility index (Phi) is 6.21. The third kappa shape index (κ3) is 4.97. The second kappa shape index (κ2) is 8.68.